The molecular weight excluding hydrogens is 405 g/mol. The minimum absolute atomic E-state index is 0.278. The predicted octanol–water partition coefficient (Wildman–Crippen LogP) is 6.59. The molecule has 6 heteroatoms. The van der Waals surface area contributed by atoms with E-state index in [2.05, 4.69) is 53.5 Å². The van der Waals surface area contributed by atoms with Crippen LogP contribution in [0.2, 0.25) is 0 Å². The molecule has 2 rings (SSSR count). The molecule has 0 saturated carbocycles. The molecule has 0 bridgehead atoms. The molecule has 0 aliphatic carbocycles. The Balaban J connectivity index is 0.000000439. The fraction of sp³-hybridized carbons (Fsp3) is 0.760. The molecule has 2 unspecified atom stereocenters. The van der Waals surface area contributed by atoms with E-state index in [4.69, 9.17) is 9.47 Å². The zero-order valence-corrected chi connectivity index (χ0v) is 20.2. The van der Waals surface area contributed by atoms with Gasteiger partial charge in [0.15, 0.2) is 5.60 Å². The Kier molecular flexibility index (Phi) is 11.8. The van der Waals surface area contributed by atoms with Gasteiger partial charge < -0.3 is 14.6 Å². The van der Waals surface area contributed by atoms with Crippen LogP contribution in [0.3, 0.4) is 0 Å². The van der Waals surface area contributed by atoms with E-state index in [1.54, 1.807) is 0 Å². The lowest BCUT2D eigenvalue weighted by Crippen LogP contribution is -2.49. The third-order valence-corrected chi connectivity index (χ3v) is 6.84. The van der Waals surface area contributed by atoms with Crippen molar-refractivity contribution in [1.82, 2.24) is 0 Å². The topological polar surface area (TPSA) is 38.7 Å². The highest BCUT2D eigenvalue weighted by Gasteiger charge is 2.54. The molecule has 2 saturated heterocycles. The molecule has 2 atom stereocenters. The van der Waals surface area contributed by atoms with Crippen LogP contribution in [0, 0.1) is 28.6 Å². The van der Waals surface area contributed by atoms with Crippen molar-refractivity contribution in [3.8, 4) is 0 Å². The molecule has 2 aliphatic rings. The summed E-state index contributed by atoms with van der Waals surface area (Å²) in [6.07, 6.45) is 1.26. The molecule has 2 fully saturated rings. The van der Waals surface area contributed by atoms with Crippen LogP contribution in [0.15, 0.2) is 38.0 Å². The summed E-state index contributed by atoms with van der Waals surface area (Å²) in [4.78, 5) is 0. The normalized spacial score (nSPS) is 24.3. The molecule has 0 amide bonds. The zero-order chi connectivity index (χ0) is 24.5. The van der Waals surface area contributed by atoms with Crippen LogP contribution < -0.4 is 0 Å². The van der Waals surface area contributed by atoms with Crippen molar-refractivity contribution in [2.75, 3.05) is 26.4 Å². The third kappa shape index (κ3) is 7.47. The summed E-state index contributed by atoms with van der Waals surface area (Å²) in [7, 11) is 0. The number of hydrogen-bond acceptors (Lipinski definition) is 3. The van der Waals surface area contributed by atoms with Crippen LogP contribution in [0.25, 0.3) is 0 Å². The van der Waals surface area contributed by atoms with E-state index < -0.39 is 24.1 Å². The fourth-order valence-corrected chi connectivity index (χ4v) is 3.37. The largest absolute Gasteiger partial charge is 0.417 e. The number of ether oxygens (including phenoxy) is 2. The summed E-state index contributed by atoms with van der Waals surface area (Å²) in [6.45, 7) is 25.9. The summed E-state index contributed by atoms with van der Waals surface area (Å²) in [5.74, 6) is 0.465. The number of aliphatic hydroxyl groups is 1. The van der Waals surface area contributed by atoms with Gasteiger partial charge in [-0.15, -0.1) is 19.7 Å². The van der Waals surface area contributed by atoms with Gasteiger partial charge in [0.2, 0.25) is 0 Å². The van der Waals surface area contributed by atoms with Crippen LogP contribution in [0.1, 0.15) is 54.4 Å². The fourth-order valence-electron chi connectivity index (χ4n) is 3.37. The lowest BCUT2D eigenvalue weighted by Gasteiger charge is -2.42. The smallest absolute Gasteiger partial charge is 0.381 e. The van der Waals surface area contributed by atoms with E-state index in [9.17, 15) is 18.3 Å². The van der Waals surface area contributed by atoms with Gasteiger partial charge in [-0.2, -0.15) is 13.2 Å². The van der Waals surface area contributed by atoms with Gasteiger partial charge >= 0.3 is 6.18 Å². The molecule has 0 spiro atoms. The van der Waals surface area contributed by atoms with Crippen LogP contribution in [-0.4, -0.2) is 43.3 Å². The van der Waals surface area contributed by atoms with Crippen molar-refractivity contribution >= 4 is 0 Å². The highest BCUT2D eigenvalue weighted by Crippen LogP contribution is 2.39. The van der Waals surface area contributed by atoms with Gasteiger partial charge in [-0.25, -0.2) is 0 Å². The number of rotatable bonds is 7. The molecule has 0 radical (unpaired) electrons. The zero-order valence-electron chi connectivity index (χ0n) is 20.2. The summed E-state index contributed by atoms with van der Waals surface area (Å²) >= 11 is 0. The molecule has 3 nitrogen and oxygen atoms in total. The predicted molar refractivity (Wildman–Crippen MR) is 122 cm³/mol. The van der Waals surface area contributed by atoms with Crippen molar-refractivity contribution in [2.24, 2.45) is 28.6 Å². The van der Waals surface area contributed by atoms with Crippen molar-refractivity contribution in [3.63, 3.8) is 0 Å². The maximum Gasteiger partial charge on any atom is 0.417 e. The molecule has 0 aromatic carbocycles. The van der Waals surface area contributed by atoms with Gasteiger partial charge in [0.25, 0.3) is 0 Å². The highest BCUT2D eigenvalue weighted by atomic mass is 19.4. The van der Waals surface area contributed by atoms with Crippen LogP contribution >= 0.6 is 0 Å². The van der Waals surface area contributed by atoms with Gasteiger partial charge in [0.05, 0.1) is 19.8 Å². The Morgan fingerprint density at radius 1 is 0.871 bits per heavy atom. The standard InChI is InChI=1S/C9H16O.C8H13F3O.C8H14O/c1-4-9(8(2)3)5-6-10-7-9;1-4-5-7(12,6(2)3)8(9,10)11;1-4-8(7(2)3)5-9-6-8/h4,8H,1,5-7H2,2-3H3;4,6,12H,1,5H2,2-3H3;4,7H,1,5-6H2,2-3H3. The van der Waals surface area contributed by atoms with Gasteiger partial charge in [0.1, 0.15) is 0 Å². The van der Waals surface area contributed by atoms with Gasteiger partial charge in [-0.3, -0.25) is 0 Å². The third-order valence-electron chi connectivity index (χ3n) is 6.84. The van der Waals surface area contributed by atoms with Gasteiger partial charge in [-0.1, -0.05) is 59.8 Å². The van der Waals surface area contributed by atoms with Crippen molar-refractivity contribution in [3.05, 3.63) is 38.0 Å². The first-order valence-electron chi connectivity index (χ1n) is 11.0. The van der Waals surface area contributed by atoms with Crippen molar-refractivity contribution in [2.45, 2.75) is 66.2 Å². The second kappa shape index (κ2) is 12.2. The lowest BCUT2D eigenvalue weighted by molar-refractivity contribution is -0.274. The van der Waals surface area contributed by atoms with Crippen molar-refractivity contribution in [1.29, 1.82) is 0 Å². The summed E-state index contributed by atoms with van der Waals surface area (Å²) < 4.78 is 47.2. The Bertz CT molecular complexity index is 557. The maximum atomic E-state index is 12.2. The van der Waals surface area contributed by atoms with E-state index in [1.165, 1.54) is 13.8 Å². The van der Waals surface area contributed by atoms with E-state index >= 15 is 0 Å². The average Bonchev–Trinajstić information content (AvgIpc) is 3.11. The molecule has 2 aliphatic heterocycles. The summed E-state index contributed by atoms with van der Waals surface area (Å²) in [6, 6.07) is 0. The Morgan fingerprint density at radius 2 is 1.32 bits per heavy atom. The number of hydrogen-bond donors (Lipinski definition) is 1. The molecule has 0 aromatic rings. The Morgan fingerprint density at radius 3 is 1.42 bits per heavy atom. The number of alkyl halides is 3. The first-order chi connectivity index (χ1) is 14.2. The molecule has 1 N–H and O–H groups in total. The van der Waals surface area contributed by atoms with Crippen LogP contribution in [0.5, 0.6) is 0 Å². The Hall–Kier alpha value is -1.11. The van der Waals surface area contributed by atoms with Gasteiger partial charge in [-0.05, 0) is 24.2 Å². The first-order valence-corrected chi connectivity index (χ1v) is 11.0. The molecule has 182 valence electrons. The first kappa shape index (κ1) is 29.9. The molecule has 0 aromatic heterocycles. The average molecular weight is 449 g/mol. The summed E-state index contributed by atoms with van der Waals surface area (Å²) in [5, 5.41) is 9.23. The second-order valence-electron chi connectivity index (χ2n) is 9.55. The van der Waals surface area contributed by atoms with Crippen molar-refractivity contribution < 1.29 is 27.8 Å². The number of halogens is 3. The SMILES string of the molecule is C=CC1(C(C)C)CCOC1.C=CC1(C(C)C)COC1.C=CCC(O)(C(C)C)C(F)(F)F. The maximum absolute atomic E-state index is 12.2. The monoisotopic (exact) mass is 448 g/mol. The molecule has 31 heavy (non-hydrogen) atoms. The molecule has 2 heterocycles. The van der Waals surface area contributed by atoms with E-state index in [0.29, 0.717) is 17.3 Å². The van der Waals surface area contributed by atoms with Crippen LogP contribution in [0.4, 0.5) is 13.2 Å². The summed E-state index contributed by atoms with van der Waals surface area (Å²) in [5.41, 5.74) is -2.05. The minimum atomic E-state index is -4.59. The second-order valence-corrected chi connectivity index (χ2v) is 9.55. The van der Waals surface area contributed by atoms with Gasteiger partial charge in [0, 0.05) is 23.9 Å². The van der Waals surface area contributed by atoms with E-state index in [-0.39, 0.29) is 5.41 Å². The molecular formula is C25H43F3O3. The Labute approximate surface area is 187 Å². The lowest BCUT2D eigenvalue weighted by atomic mass is 9.76. The minimum Gasteiger partial charge on any atom is -0.381 e. The quantitative estimate of drug-likeness (QED) is 0.446. The van der Waals surface area contributed by atoms with Crippen LogP contribution in [-0.2, 0) is 9.47 Å². The van der Waals surface area contributed by atoms with E-state index in [0.717, 1.165) is 38.9 Å². The highest BCUT2D eigenvalue weighted by molar-refractivity contribution is 5.01. The van der Waals surface area contributed by atoms with E-state index in [1.807, 2.05) is 6.08 Å².